The second-order valence-electron chi connectivity index (χ2n) is 6.68. The third kappa shape index (κ3) is 5.29. The molecule has 7 nitrogen and oxygen atoms in total. The minimum atomic E-state index is -0.199. The zero-order valence-corrected chi connectivity index (χ0v) is 16.7. The molecule has 1 heterocycles. The van der Waals surface area contributed by atoms with Crippen molar-refractivity contribution in [3.8, 4) is 17.1 Å². The van der Waals surface area contributed by atoms with Gasteiger partial charge in [0.2, 0.25) is 11.7 Å². The first-order chi connectivity index (χ1) is 13.4. The number of nitrogens with zero attached hydrogens (tertiary/aromatic N) is 4. The Hall–Kier alpha value is -2.93. The summed E-state index contributed by atoms with van der Waals surface area (Å²) < 4.78 is 5.63. The number of tetrazole rings is 1. The molecule has 0 aliphatic rings. The predicted molar refractivity (Wildman–Crippen MR) is 107 cm³/mol. The summed E-state index contributed by atoms with van der Waals surface area (Å²) in [5.74, 6) is 1.05. The fourth-order valence-electron chi connectivity index (χ4n) is 2.63. The Morgan fingerprint density at radius 3 is 2.43 bits per heavy atom. The molecule has 1 aromatic heterocycles. The number of carbonyl (C=O) groups excluding carboxylic acids is 1. The number of rotatable bonds is 7. The van der Waals surface area contributed by atoms with E-state index in [-0.39, 0.29) is 24.6 Å². The summed E-state index contributed by atoms with van der Waals surface area (Å²) in [5.41, 5.74) is 1.77. The lowest BCUT2D eigenvalue weighted by atomic mass is 10.1. The van der Waals surface area contributed by atoms with Gasteiger partial charge < -0.3 is 10.1 Å². The van der Waals surface area contributed by atoms with E-state index in [1.807, 2.05) is 45.0 Å². The maximum Gasteiger partial charge on any atom is 0.244 e. The van der Waals surface area contributed by atoms with Crippen LogP contribution in [0, 0.1) is 0 Å². The smallest absolute Gasteiger partial charge is 0.244 e. The lowest BCUT2D eigenvalue weighted by molar-refractivity contribution is -0.122. The second-order valence-corrected chi connectivity index (χ2v) is 7.11. The van der Waals surface area contributed by atoms with Gasteiger partial charge in [-0.15, -0.1) is 10.2 Å². The van der Waals surface area contributed by atoms with Gasteiger partial charge in [0.15, 0.2) is 0 Å². The molecule has 2 aromatic carbocycles. The van der Waals surface area contributed by atoms with Crippen LogP contribution < -0.4 is 10.1 Å². The minimum Gasteiger partial charge on any atom is -0.491 e. The number of amides is 1. The van der Waals surface area contributed by atoms with E-state index in [0.717, 1.165) is 16.9 Å². The van der Waals surface area contributed by atoms with Crippen molar-refractivity contribution in [1.82, 2.24) is 25.5 Å². The molecule has 0 fully saturated rings. The first-order valence-corrected chi connectivity index (χ1v) is 9.38. The van der Waals surface area contributed by atoms with Crippen LogP contribution in [0.3, 0.4) is 0 Å². The van der Waals surface area contributed by atoms with E-state index in [1.165, 1.54) is 4.80 Å². The van der Waals surface area contributed by atoms with Crippen molar-refractivity contribution in [2.24, 2.45) is 0 Å². The highest BCUT2D eigenvalue weighted by Gasteiger charge is 2.13. The molecule has 3 rings (SSSR count). The third-order valence-electron chi connectivity index (χ3n) is 3.97. The predicted octanol–water partition coefficient (Wildman–Crippen LogP) is 3.66. The summed E-state index contributed by atoms with van der Waals surface area (Å²) in [6.07, 6.45) is 0.121. The van der Waals surface area contributed by atoms with Crippen molar-refractivity contribution in [3.63, 3.8) is 0 Å². The molecule has 0 spiro atoms. The summed E-state index contributed by atoms with van der Waals surface area (Å²) in [5, 5.41) is 15.7. The summed E-state index contributed by atoms with van der Waals surface area (Å²) >= 11 is 5.88. The van der Waals surface area contributed by atoms with E-state index >= 15 is 0 Å². The normalized spacial score (nSPS) is 12.0. The van der Waals surface area contributed by atoms with Gasteiger partial charge in [-0.25, -0.2) is 0 Å². The van der Waals surface area contributed by atoms with Gasteiger partial charge in [-0.2, -0.15) is 4.80 Å². The Bertz CT molecular complexity index is 923. The summed E-state index contributed by atoms with van der Waals surface area (Å²) in [7, 11) is 0. The van der Waals surface area contributed by atoms with Gasteiger partial charge in [0, 0.05) is 10.6 Å². The topological polar surface area (TPSA) is 81.9 Å². The van der Waals surface area contributed by atoms with Gasteiger partial charge in [-0.05, 0) is 67.9 Å². The fraction of sp³-hybridized carbons (Fsp3) is 0.300. The molecule has 0 saturated carbocycles. The second kappa shape index (κ2) is 8.84. The molecule has 3 aromatic rings. The molecule has 1 unspecified atom stereocenters. The average Bonchev–Trinajstić information content (AvgIpc) is 3.10. The molecule has 0 aliphatic heterocycles. The molecule has 0 bridgehead atoms. The molecule has 0 aliphatic carbocycles. The minimum absolute atomic E-state index is 0.0144. The summed E-state index contributed by atoms with van der Waals surface area (Å²) in [6.45, 7) is 5.87. The van der Waals surface area contributed by atoms with Crippen LogP contribution in [0.2, 0.25) is 5.02 Å². The van der Waals surface area contributed by atoms with E-state index in [4.69, 9.17) is 16.3 Å². The quantitative estimate of drug-likeness (QED) is 0.655. The summed E-state index contributed by atoms with van der Waals surface area (Å²) in [6, 6.07) is 14.6. The van der Waals surface area contributed by atoms with Crippen molar-refractivity contribution >= 4 is 17.5 Å². The van der Waals surface area contributed by atoms with Crippen molar-refractivity contribution in [1.29, 1.82) is 0 Å². The highest BCUT2D eigenvalue weighted by molar-refractivity contribution is 6.30. The molecule has 0 saturated heterocycles. The number of hydrogen-bond acceptors (Lipinski definition) is 5. The zero-order valence-electron chi connectivity index (χ0n) is 16.0. The van der Waals surface area contributed by atoms with Crippen LogP contribution in [-0.4, -0.2) is 32.2 Å². The van der Waals surface area contributed by atoms with Crippen LogP contribution in [0.1, 0.15) is 32.4 Å². The molecular formula is C20H22ClN5O2. The van der Waals surface area contributed by atoms with Crippen LogP contribution in [-0.2, 0) is 11.3 Å². The number of hydrogen-bond donors (Lipinski definition) is 1. The van der Waals surface area contributed by atoms with E-state index < -0.39 is 0 Å². The lowest BCUT2D eigenvalue weighted by Crippen LogP contribution is -2.30. The number of ether oxygens (including phenoxy) is 1. The van der Waals surface area contributed by atoms with Gasteiger partial charge in [0.1, 0.15) is 12.3 Å². The molecule has 1 N–H and O–H groups in total. The van der Waals surface area contributed by atoms with E-state index in [0.29, 0.717) is 10.8 Å². The maximum atomic E-state index is 12.3. The third-order valence-corrected chi connectivity index (χ3v) is 4.22. The van der Waals surface area contributed by atoms with Crippen LogP contribution >= 0.6 is 11.6 Å². The molecule has 0 radical (unpaired) electrons. The van der Waals surface area contributed by atoms with Gasteiger partial charge in [0.25, 0.3) is 0 Å². The molecular weight excluding hydrogens is 378 g/mol. The van der Waals surface area contributed by atoms with Crippen molar-refractivity contribution < 1.29 is 9.53 Å². The SMILES string of the molecule is CC(C)Oc1ccc(C(C)NC(=O)Cn2nnc(-c3ccc(Cl)cc3)n2)cc1. The Labute approximate surface area is 168 Å². The van der Waals surface area contributed by atoms with Crippen LogP contribution in [0.4, 0.5) is 0 Å². The Kier molecular flexibility index (Phi) is 6.26. The lowest BCUT2D eigenvalue weighted by Gasteiger charge is -2.15. The number of benzene rings is 2. The van der Waals surface area contributed by atoms with Gasteiger partial charge in [0.05, 0.1) is 12.1 Å². The highest BCUT2D eigenvalue weighted by atomic mass is 35.5. The van der Waals surface area contributed by atoms with Gasteiger partial charge in [-0.3, -0.25) is 4.79 Å². The van der Waals surface area contributed by atoms with Gasteiger partial charge >= 0.3 is 0 Å². The van der Waals surface area contributed by atoms with E-state index in [2.05, 4.69) is 20.7 Å². The Morgan fingerprint density at radius 2 is 1.79 bits per heavy atom. The number of carbonyl (C=O) groups is 1. The molecule has 28 heavy (non-hydrogen) atoms. The van der Waals surface area contributed by atoms with Crippen LogP contribution in [0.5, 0.6) is 5.75 Å². The Morgan fingerprint density at radius 1 is 1.11 bits per heavy atom. The first kappa shape index (κ1) is 19.8. The van der Waals surface area contributed by atoms with Crippen LogP contribution in [0.25, 0.3) is 11.4 Å². The largest absolute Gasteiger partial charge is 0.491 e. The van der Waals surface area contributed by atoms with E-state index in [9.17, 15) is 4.79 Å². The molecule has 1 atom stereocenters. The number of aromatic nitrogens is 4. The molecule has 8 heteroatoms. The monoisotopic (exact) mass is 399 g/mol. The highest BCUT2D eigenvalue weighted by Crippen LogP contribution is 2.19. The van der Waals surface area contributed by atoms with Crippen molar-refractivity contribution in [3.05, 3.63) is 59.1 Å². The standard InChI is InChI=1S/C20H22ClN5O2/c1-13(2)28-18-10-6-15(7-11-18)14(3)22-19(27)12-26-24-20(23-25-26)16-4-8-17(21)9-5-16/h4-11,13-14H,12H2,1-3H3,(H,22,27). The van der Waals surface area contributed by atoms with E-state index in [1.54, 1.807) is 24.3 Å². The number of halogens is 1. The fourth-order valence-corrected chi connectivity index (χ4v) is 2.76. The molecule has 1 amide bonds. The Balaban J connectivity index is 1.57. The van der Waals surface area contributed by atoms with Crippen molar-refractivity contribution in [2.75, 3.05) is 0 Å². The maximum absolute atomic E-state index is 12.3. The summed E-state index contributed by atoms with van der Waals surface area (Å²) in [4.78, 5) is 13.6. The average molecular weight is 400 g/mol. The molecule has 146 valence electrons. The first-order valence-electron chi connectivity index (χ1n) is 9.00. The van der Waals surface area contributed by atoms with Crippen LogP contribution in [0.15, 0.2) is 48.5 Å². The number of nitrogens with one attached hydrogen (secondary N) is 1. The van der Waals surface area contributed by atoms with Gasteiger partial charge in [-0.1, -0.05) is 23.7 Å². The zero-order chi connectivity index (χ0) is 20.1. The van der Waals surface area contributed by atoms with Crippen molar-refractivity contribution in [2.45, 2.75) is 39.5 Å².